The highest BCUT2D eigenvalue weighted by atomic mass is 32.2. The quantitative estimate of drug-likeness (QED) is 0.711. The van der Waals surface area contributed by atoms with Crippen LogP contribution in [0, 0.1) is 29.1 Å². The van der Waals surface area contributed by atoms with Crippen molar-refractivity contribution < 1.29 is 4.79 Å². The Labute approximate surface area is 173 Å². The van der Waals surface area contributed by atoms with Gasteiger partial charge in [0, 0.05) is 43.4 Å². The van der Waals surface area contributed by atoms with E-state index in [0.29, 0.717) is 12.3 Å². The number of nitrogens with zero attached hydrogens (tertiary/aromatic N) is 3. The van der Waals surface area contributed by atoms with Crippen molar-refractivity contribution >= 4 is 23.4 Å². The van der Waals surface area contributed by atoms with E-state index in [4.69, 9.17) is 5.73 Å². The lowest BCUT2D eigenvalue weighted by Crippen LogP contribution is -2.47. The van der Waals surface area contributed by atoms with Gasteiger partial charge in [-0.2, -0.15) is 5.26 Å². The summed E-state index contributed by atoms with van der Waals surface area (Å²) >= 11 is 1.81. The molecule has 0 bridgehead atoms. The van der Waals surface area contributed by atoms with Gasteiger partial charge in [-0.05, 0) is 56.0 Å². The third kappa shape index (κ3) is 5.42. The summed E-state index contributed by atoms with van der Waals surface area (Å²) in [5, 5.41) is 9.47. The predicted molar refractivity (Wildman–Crippen MR) is 115 cm³/mol. The van der Waals surface area contributed by atoms with Crippen LogP contribution >= 0.6 is 11.8 Å². The Balaban J connectivity index is 1.43. The zero-order valence-corrected chi connectivity index (χ0v) is 17.7. The largest absolute Gasteiger partial charge is 0.370 e. The minimum absolute atomic E-state index is 0.00820. The molecule has 1 aliphatic carbocycles. The van der Waals surface area contributed by atoms with Gasteiger partial charge in [0.15, 0.2) is 0 Å². The van der Waals surface area contributed by atoms with Crippen LogP contribution in [0.5, 0.6) is 0 Å². The highest BCUT2D eigenvalue weighted by molar-refractivity contribution is 7.98. The Morgan fingerprint density at radius 2 is 2.00 bits per heavy atom. The maximum atomic E-state index is 11.2. The van der Waals surface area contributed by atoms with Crippen molar-refractivity contribution in [1.29, 1.82) is 5.26 Å². The molecule has 3 rings (SSSR count). The van der Waals surface area contributed by atoms with Crippen molar-refractivity contribution in [2.24, 2.45) is 23.5 Å². The van der Waals surface area contributed by atoms with Crippen LogP contribution in [0.15, 0.2) is 29.2 Å². The van der Waals surface area contributed by atoms with Crippen LogP contribution in [0.4, 0.5) is 5.69 Å². The Morgan fingerprint density at radius 1 is 1.25 bits per heavy atom. The molecule has 0 spiro atoms. The van der Waals surface area contributed by atoms with Gasteiger partial charge in [0.2, 0.25) is 5.91 Å². The summed E-state index contributed by atoms with van der Waals surface area (Å²) in [5.41, 5.74) is 6.70. The molecule has 2 aliphatic rings. The SMILES string of the molecule is CSc1ccccc1N1CCN(CCC2CCC(CC(N)=O)C(C#N)C2)CC1. The van der Waals surface area contributed by atoms with E-state index in [9.17, 15) is 10.1 Å². The van der Waals surface area contributed by atoms with Gasteiger partial charge >= 0.3 is 0 Å². The molecule has 3 unspecified atom stereocenters. The van der Waals surface area contributed by atoms with Crippen LogP contribution in [-0.4, -0.2) is 49.8 Å². The summed E-state index contributed by atoms with van der Waals surface area (Å²) in [6, 6.07) is 11.1. The molecule has 1 heterocycles. The summed E-state index contributed by atoms with van der Waals surface area (Å²) in [5.74, 6) is 0.485. The van der Waals surface area contributed by atoms with E-state index in [0.717, 1.165) is 58.4 Å². The van der Waals surface area contributed by atoms with E-state index >= 15 is 0 Å². The van der Waals surface area contributed by atoms with E-state index < -0.39 is 0 Å². The number of para-hydroxylation sites is 1. The number of benzene rings is 1. The number of carbonyl (C=O) groups is 1. The number of hydrogen-bond acceptors (Lipinski definition) is 5. The smallest absolute Gasteiger partial charge is 0.217 e. The van der Waals surface area contributed by atoms with Crippen LogP contribution in [-0.2, 0) is 4.79 Å². The van der Waals surface area contributed by atoms with Crippen LogP contribution < -0.4 is 10.6 Å². The van der Waals surface area contributed by atoms with Gasteiger partial charge in [-0.25, -0.2) is 0 Å². The first kappa shape index (κ1) is 21.0. The first-order valence-corrected chi connectivity index (χ1v) is 11.6. The second-order valence-electron chi connectivity index (χ2n) is 8.13. The number of hydrogen-bond donors (Lipinski definition) is 1. The zero-order valence-electron chi connectivity index (χ0n) is 16.8. The van der Waals surface area contributed by atoms with Crippen molar-refractivity contribution in [2.75, 3.05) is 43.9 Å². The number of primary amides is 1. The molecule has 3 atom stereocenters. The van der Waals surface area contributed by atoms with Gasteiger partial charge in [-0.15, -0.1) is 11.8 Å². The van der Waals surface area contributed by atoms with Crippen molar-refractivity contribution in [3.63, 3.8) is 0 Å². The molecule has 1 aliphatic heterocycles. The molecule has 6 heteroatoms. The highest BCUT2D eigenvalue weighted by Gasteiger charge is 2.31. The molecule has 0 radical (unpaired) electrons. The van der Waals surface area contributed by atoms with Gasteiger partial charge < -0.3 is 10.6 Å². The van der Waals surface area contributed by atoms with Gasteiger partial charge in [0.1, 0.15) is 0 Å². The molecule has 0 aromatic heterocycles. The molecule has 28 heavy (non-hydrogen) atoms. The molecular weight excluding hydrogens is 368 g/mol. The maximum absolute atomic E-state index is 11.2. The highest BCUT2D eigenvalue weighted by Crippen LogP contribution is 2.37. The standard InChI is InChI=1S/C22H32N4OS/c1-28-21-5-3-2-4-20(21)26-12-10-25(11-13-26)9-8-17-6-7-18(15-22(24)27)19(14-17)16-23/h2-5,17-19H,6-15H2,1H3,(H2,24,27). The van der Waals surface area contributed by atoms with E-state index in [2.05, 4.69) is 46.4 Å². The van der Waals surface area contributed by atoms with Crippen molar-refractivity contribution in [1.82, 2.24) is 4.90 Å². The van der Waals surface area contributed by atoms with Crippen molar-refractivity contribution in [2.45, 2.75) is 37.0 Å². The molecule has 1 amide bonds. The Bertz CT molecular complexity index is 696. The summed E-state index contributed by atoms with van der Waals surface area (Å²) < 4.78 is 0. The minimum Gasteiger partial charge on any atom is -0.370 e. The normalized spacial score (nSPS) is 26.0. The Kier molecular flexibility index (Phi) is 7.64. The molecular formula is C22H32N4OS. The van der Waals surface area contributed by atoms with Crippen molar-refractivity contribution in [3.05, 3.63) is 24.3 Å². The van der Waals surface area contributed by atoms with E-state index in [1.807, 2.05) is 11.8 Å². The molecule has 2 N–H and O–H groups in total. The average Bonchev–Trinajstić information content (AvgIpc) is 2.73. The summed E-state index contributed by atoms with van der Waals surface area (Å²) in [7, 11) is 0. The van der Waals surface area contributed by atoms with Crippen LogP contribution in [0.1, 0.15) is 32.1 Å². The Morgan fingerprint density at radius 3 is 2.68 bits per heavy atom. The number of thioether (sulfide) groups is 1. The summed E-state index contributed by atoms with van der Waals surface area (Å²) in [6.07, 6.45) is 6.67. The molecule has 5 nitrogen and oxygen atoms in total. The van der Waals surface area contributed by atoms with Crippen LogP contribution in [0.3, 0.4) is 0 Å². The first-order chi connectivity index (χ1) is 13.6. The van der Waals surface area contributed by atoms with E-state index in [1.54, 1.807) is 0 Å². The number of piperazine rings is 1. The molecule has 152 valence electrons. The van der Waals surface area contributed by atoms with E-state index in [-0.39, 0.29) is 17.7 Å². The lowest BCUT2D eigenvalue weighted by molar-refractivity contribution is -0.119. The molecule has 2 fully saturated rings. The summed E-state index contributed by atoms with van der Waals surface area (Å²) in [4.78, 5) is 17.6. The average molecular weight is 401 g/mol. The number of carbonyl (C=O) groups excluding carboxylic acids is 1. The van der Waals surface area contributed by atoms with Gasteiger partial charge in [-0.3, -0.25) is 9.69 Å². The Hall–Kier alpha value is -1.71. The number of anilines is 1. The summed E-state index contributed by atoms with van der Waals surface area (Å²) in [6.45, 7) is 5.46. The number of nitrogens with two attached hydrogens (primary N) is 1. The maximum Gasteiger partial charge on any atom is 0.217 e. The fourth-order valence-corrected chi connectivity index (χ4v) is 5.33. The molecule has 1 saturated heterocycles. The first-order valence-electron chi connectivity index (χ1n) is 10.4. The number of amides is 1. The monoisotopic (exact) mass is 400 g/mol. The zero-order chi connectivity index (χ0) is 19.9. The van der Waals surface area contributed by atoms with Gasteiger partial charge in [0.05, 0.1) is 11.8 Å². The van der Waals surface area contributed by atoms with Crippen molar-refractivity contribution in [3.8, 4) is 6.07 Å². The molecule has 1 aromatic rings. The second kappa shape index (κ2) is 10.2. The fraction of sp³-hybridized carbons (Fsp3) is 0.636. The molecule has 1 aromatic carbocycles. The van der Waals surface area contributed by atoms with Crippen LogP contribution in [0.2, 0.25) is 0 Å². The number of rotatable bonds is 7. The minimum atomic E-state index is -0.274. The third-order valence-electron chi connectivity index (χ3n) is 6.38. The second-order valence-corrected chi connectivity index (χ2v) is 8.98. The lowest BCUT2D eigenvalue weighted by Gasteiger charge is -2.38. The van der Waals surface area contributed by atoms with Gasteiger partial charge in [-0.1, -0.05) is 18.6 Å². The lowest BCUT2D eigenvalue weighted by atomic mass is 9.72. The fourth-order valence-electron chi connectivity index (χ4n) is 4.71. The van der Waals surface area contributed by atoms with Crippen LogP contribution in [0.25, 0.3) is 0 Å². The number of nitriles is 1. The van der Waals surface area contributed by atoms with E-state index in [1.165, 1.54) is 10.6 Å². The topological polar surface area (TPSA) is 73.4 Å². The molecule has 1 saturated carbocycles. The predicted octanol–water partition coefficient (Wildman–Crippen LogP) is 3.35. The van der Waals surface area contributed by atoms with Gasteiger partial charge in [0.25, 0.3) is 0 Å². The third-order valence-corrected chi connectivity index (χ3v) is 7.17.